The molecule has 0 atom stereocenters. The summed E-state index contributed by atoms with van der Waals surface area (Å²) in [5, 5.41) is 3.28. The number of carbonyl (C=O) groups excluding carboxylic acids is 2. The Labute approximate surface area is 172 Å². The van der Waals surface area contributed by atoms with E-state index in [0.29, 0.717) is 56.1 Å². The molecule has 4 rings (SSSR count). The standard InChI is InChI=1S/C18H22N4O5S2/c1-29(25,26)22-7-2-12(3-8-22)17(24)21-6-4-14-15(10-21)28-18(19-14)20-16(23)13-5-9-27-11-13/h5,9,11-12H,2-4,6-8,10H2,1H3,(H,19,20,23). The van der Waals surface area contributed by atoms with Crippen molar-refractivity contribution < 1.29 is 22.4 Å². The van der Waals surface area contributed by atoms with E-state index in [1.54, 1.807) is 6.07 Å². The van der Waals surface area contributed by atoms with Crippen molar-refractivity contribution in [2.24, 2.45) is 5.92 Å². The number of hydrogen-bond acceptors (Lipinski definition) is 7. The predicted octanol–water partition coefficient (Wildman–Crippen LogP) is 1.54. The number of anilines is 1. The van der Waals surface area contributed by atoms with Crippen molar-refractivity contribution >= 4 is 38.3 Å². The first-order valence-corrected chi connectivity index (χ1v) is 12.0. The zero-order valence-electron chi connectivity index (χ0n) is 16.0. The highest BCUT2D eigenvalue weighted by Gasteiger charge is 2.33. The van der Waals surface area contributed by atoms with Gasteiger partial charge in [0.2, 0.25) is 15.9 Å². The second kappa shape index (κ2) is 7.88. The molecule has 0 aliphatic carbocycles. The summed E-state index contributed by atoms with van der Waals surface area (Å²) >= 11 is 1.38. The Bertz CT molecular complexity index is 1010. The molecule has 2 aromatic heterocycles. The summed E-state index contributed by atoms with van der Waals surface area (Å²) in [5.41, 5.74) is 1.34. The van der Waals surface area contributed by atoms with Crippen LogP contribution in [-0.2, 0) is 27.8 Å². The quantitative estimate of drug-likeness (QED) is 0.775. The third-order valence-corrected chi connectivity index (χ3v) is 7.62. The molecule has 2 aromatic rings. The van der Waals surface area contributed by atoms with Crippen LogP contribution in [0.15, 0.2) is 23.0 Å². The van der Waals surface area contributed by atoms with Crippen LogP contribution in [0.25, 0.3) is 0 Å². The summed E-state index contributed by atoms with van der Waals surface area (Å²) < 4.78 is 29.6. The van der Waals surface area contributed by atoms with E-state index < -0.39 is 10.0 Å². The fourth-order valence-corrected chi connectivity index (χ4v) is 5.59. The van der Waals surface area contributed by atoms with Crippen LogP contribution in [-0.4, -0.2) is 60.3 Å². The number of furan rings is 1. The van der Waals surface area contributed by atoms with E-state index in [1.807, 2.05) is 4.90 Å². The number of hydrogen-bond donors (Lipinski definition) is 1. The van der Waals surface area contributed by atoms with Gasteiger partial charge in [0.25, 0.3) is 5.91 Å². The lowest BCUT2D eigenvalue weighted by atomic mass is 9.96. The molecular formula is C18H22N4O5S2. The minimum atomic E-state index is -3.20. The maximum atomic E-state index is 12.9. The molecule has 0 unspecified atom stereocenters. The van der Waals surface area contributed by atoms with E-state index in [2.05, 4.69) is 10.3 Å². The van der Waals surface area contributed by atoms with E-state index in [-0.39, 0.29) is 17.7 Å². The third-order valence-electron chi connectivity index (χ3n) is 5.32. The first-order chi connectivity index (χ1) is 13.8. The Balaban J connectivity index is 1.37. The van der Waals surface area contributed by atoms with Crippen molar-refractivity contribution in [3.63, 3.8) is 0 Å². The summed E-state index contributed by atoms with van der Waals surface area (Å²) in [7, 11) is -3.20. The number of sulfonamides is 1. The van der Waals surface area contributed by atoms with Gasteiger partial charge >= 0.3 is 0 Å². The monoisotopic (exact) mass is 438 g/mol. The maximum Gasteiger partial charge on any atom is 0.260 e. The normalized spacial score (nSPS) is 18.4. The molecule has 1 saturated heterocycles. The number of amides is 2. The number of aromatic nitrogens is 1. The molecule has 156 valence electrons. The summed E-state index contributed by atoms with van der Waals surface area (Å²) in [6, 6.07) is 1.58. The van der Waals surface area contributed by atoms with Gasteiger partial charge in [-0.3, -0.25) is 14.9 Å². The molecule has 2 aliphatic heterocycles. The lowest BCUT2D eigenvalue weighted by Crippen LogP contribution is -2.45. The zero-order chi connectivity index (χ0) is 20.6. The van der Waals surface area contributed by atoms with Gasteiger partial charge in [-0.1, -0.05) is 11.3 Å². The molecule has 9 nitrogen and oxygen atoms in total. The number of fused-ring (bicyclic) bond motifs is 1. The molecule has 0 aromatic carbocycles. The van der Waals surface area contributed by atoms with Gasteiger partial charge in [-0.05, 0) is 18.9 Å². The van der Waals surface area contributed by atoms with Crippen LogP contribution in [0.2, 0.25) is 0 Å². The molecule has 0 radical (unpaired) electrons. The molecule has 0 bridgehead atoms. The van der Waals surface area contributed by atoms with Crippen LogP contribution in [0.5, 0.6) is 0 Å². The minimum absolute atomic E-state index is 0.0705. The first-order valence-electron chi connectivity index (χ1n) is 9.37. The molecule has 4 heterocycles. The average Bonchev–Trinajstić information content (AvgIpc) is 3.35. The minimum Gasteiger partial charge on any atom is -0.472 e. The second-order valence-corrected chi connectivity index (χ2v) is 10.4. The lowest BCUT2D eigenvalue weighted by Gasteiger charge is -2.34. The highest BCUT2D eigenvalue weighted by Crippen LogP contribution is 2.30. The molecule has 2 amide bonds. The van der Waals surface area contributed by atoms with E-state index >= 15 is 0 Å². The molecular weight excluding hydrogens is 416 g/mol. The molecule has 29 heavy (non-hydrogen) atoms. The smallest absolute Gasteiger partial charge is 0.260 e. The fraction of sp³-hybridized carbons (Fsp3) is 0.500. The third kappa shape index (κ3) is 4.36. The van der Waals surface area contributed by atoms with Crippen LogP contribution in [0.3, 0.4) is 0 Å². The van der Waals surface area contributed by atoms with Gasteiger partial charge in [0.1, 0.15) is 6.26 Å². The summed E-state index contributed by atoms with van der Waals surface area (Å²) in [5.74, 6) is -0.362. The van der Waals surface area contributed by atoms with Gasteiger partial charge in [0.05, 0.1) is 30.3 Å². The topological polar surface area (TPSA) is 113 Å². The Morgan fingerprint density at radius 1 is 1.28 bits per heavy atom. The summed E-state index contributed by atoms with van der Waals surface area (Å²) in [6.07, 6.45) is 5.74. The van der Waals surface area contributed by atoms with Gasteiger partial charge in [-0.2, -0.15) is 0 Å². The Morgan fingerprint density at radius 2 is 2.03 bits per heavy atom. The first kappa shape index (κ1) is 20.0. The largest absolute Gasteiger partial charge is 0.472 e. The summed E-state index contributed by atoms with van der Waals surface area (Å²) in [4.78, 5) is 32.4. The lowest BCUT2D eigenvalue weighted by molar-refractivity contribution is -0.137. The van der Waals surface area contributed by atoms with Crippen molar-refractivity contribution in [1.82, 2.24) is 14.2 Å². The second-order valence-electron chi connectivity index (χ2n) is 7.30. The SMILES string of the molecule is CS(=O)(=O)N1CCC(C(=O)N2CCc3nc(NC(=O)c4ccoc4)sc3C2)CC1. The van der Waals surface area contributed by atoms with Gasteiger partial charge in [-0.15, -0.1) is 0 Å². The van der Waals surface area contributed by atoms with E-state index in [1.165, 1.54) is 34.4 Å². The van der Waals surface area contributed by atoms with Gasteiger partial charge in [0.15, 0.2) is 5.13 Å². The molecule has 1 N–H and O–H groups in total. The number of nitrogens with one attached hydrogen (secondary N) is 1. The van der Waals surface area contributed by atoms with Gasteiger partial charge in [-0.25, -0.2) is 17.7 Å². The van der Waals surface area contributed by atoms with Gasteiger partial charge in [0, 0.05) is 36.9 Å². The van der Waals surface area contributed by atoms with Crippen molar-refractivity contribution in [3.8, 4) is 0 Å². The van der Waals surface area contributed by atoms with Gasteiger partial charge < -0.3 is 9.32 Å². The van der Waals surface area contributed by atoms with Crippen LogP contribution in [0.1, 0.15) is 33.8 Å². The zero-order valence-corrected chi connectivity index (χ0v) is 17.6. The highest BCUT2D eigenvalue weighted by atomic mass is 32.2. The van der Waals surface area contributed by atoms with Crippen molar-refractivity contribution in [2.75, 3.05) is 31.2 Å². The van der Waals surface area contributed by atoms with Crippen LogP contribution >= 0.6 is 11.3 Å². The van der Waals surface area contributed by atoms with Crippen LogP contribution in [0, 0.1) is 5.92 Å². The number of piperidine rings is 1. The van der Waals surface area contributed by atoms with E-state index in [0.717, 1.165) is 10.6 Å². The molecule has 2 aliphatic rings. The number of rotatable bonds is 4. The Morgan fingerprint density at radius 3 is 2.69 bits per heavy atom. The van der Waals surface area contributed by atoms with Crippen molar-refractivity contribution in [3.05, 3.63) is 34.7 Å². The predicted molar refractivity (Wildman–Crippen MR) is 107 cm³/mol. The Kier molecular flexibility index (Phi) is 5.45. The van der Waals surface area contributed by atoms with E-state index in [9.17, 15) is 18.0 Å². The van der Waals surface area contributed by atoms with E-state index in [4.69, 9.17) is 4.42 Å². The van der Waals surface area contributed by atoms with Crippen molar-refractivity contribution in [1.29, 1.82) is 0 Å². The van der Waals surface area contributed by atoms with Crippen LogP contribution in [0.4, 0.5) is 5.13 Å². The fourth-order valence-electron chi connectivity index (χ4n) is 3.69. The molecule has 0 spiro atoms. The number of nitrogens with zero attached hydrogens (tertiary/aromatic N) is 3. The number of thiazole rings is 1. The summed E-state index contributed by atoms with van der Waals surface area (Å²) in [6.45, 7) is 1.83. The van der Waals surface area contributed by atoms with Crippen molar-refractivity contribution in [2.45, 2.75) is 25.8 Å². The van der Waals surface area contributed by atoms with Crippen LogP contribution < -0.4 is 5.32 Å². The average molecular weight is 439 g/mol. The number of carbonyl (C=O) groups is 2. The highest BCUT2D eigenvalue weighted by molar-refractivity contribution is 7.88. The molecule has 11 heteroatoms. The molecule has 0 saturated carbocycles. The maximum absolute atomic E-state index is 12.9. The molecule has 1 fully saturated rings. The Hall–Kier alpha value is -2.24.